The first-order valence-corrected chi connectivity index (χ1v) is 7.13. The van der Waals surface area contributed by atoms with Gasteiger partial charge in [0.2, 0.25) is 0 Å². The number of hydrogen-bond donors (Lipinski definition) is 0. The van der Waals surface area contributed by atoms with Crippen molar-refractivity contribution < 1.29 is 4.52 Å². The second-order valence-electron chi connectivity index (χ2n) is 5.09. The molecule has 1 heterocycles. The smallest absolute Gasteiger partial charge is 0.142 e. The molecule has 0 aromatic carbocycles. The first-order chi connectivity index (χ1) is 8.20. The maximum Gasteiger partial charge on any atom is 0.142 e. The minimum Gasteiger partial charge on any atom is -0.361 e. The van der Waals surface area contributed by atoms with Crippen LogP contribution >= 0.6 is 0 Å². The van der Waals surface area contributed by atoms with E-state index < -0.39 is 0 Å². The number of hydrogen-bond acceptors (Lipinski definition) is 2. The van der Waals surface area contributed by atoms with Crippen molar-refractivity contribution in [2.24, 2.45) is 0 Å². The third-order valence-corrected chi connectivity index (χ3v) is 3.63. The first-order valence-electron chi connectivity index (χ1n) is 7.13. The lowest BCUT2D eigenvalue weighted by molar-refractivity contribution is 0.336. The van der Waals surface area contributed by atoms with E-state index in [1.807, 2.05) is 6.92 Å². The molecule has 0 fully saturated rings. The Balaban J connectivity index is 2.64. The maximum absolute atomic E-state index is 5.53. The summed E-state index contributed by atoms with van der Waals surface area (Å²) in [6.07, 6.45) is 8.97. The van der Waals surface area contributed by atoms with E-state index in [-0.39, 0.29) is 0 Å². The number of nitrogens with zero attached hydrogens (tertiary/aromatic N) is 1. The summed E-state index contributed by atoms with van der Waals surface area (Å²) in [7, 11) is 0. The van der Waals surface area contributed by atoms with Gasteiger partial charge < -0.3 is 4.52 Å². The van der Waals surface area contributed by atoms with Crippen molar-refractivity contribution in [2.75, 3.05) is 0 Å². The lowest BCUT2D eigenvalue weighted by Gasteiger charge is -2.14. The topological polar surface area (TPSA) is 26.0 Å². The highest BCUT2D eigenvalue weighted by molar-refractivity contribution is 5.22. The molecular formula is C15H27NO. The van der Waals surface area contributed by atoms with Crippen molar-refractivity contribution in [1.29, 1.82) is 0 Å². The Morgan fingerprint density at radius 1 is 1.00 bits per heavy atom. The molecule has 0 bridgehead atoms. The van der Waals surface area contributed by atoms with Gasteiger partial charge in [-0.3, -0.25) is 0 Å². The van der Waals surface area contributed by atoms with Crippen molar-refractivity contribution in [3.05, 3.63) is 17.0 Å². The summed E-state index contributed by atoms with van der Waals surface area (Å²) in [5.74, 6) is 1.73. The van der Waals surface area contributed by atoms with Crippen LogP contribution in [0.15, 0.2) is 4.52 Å². The van der Waals surface area contributed by atoms with Crippen LogP contribution in [-0.4, -0.2) is 5.16 Å². The summed E-state index contributed by atoms with van der Waals surface area (Å²) in [6, 6.07) is 0. The van der Waals surface area contributed by atoms with E-state index in [2.05, 4.69) is 25.9 Å². The van der Waals surface area contributed by atoms with Crippen molar-refractivity contribution in [1.82, 2.24) is 5.16 Å². The van der Waals surface area contributed by atoms with Gasteiger partial charge >= 0.3 is 0 Å². The molecule has 0 amide bonds. The molecule has 1 unspecified atom stereocenters. The molecule has 1 aromatic rings. The molecule has 0 aliphatic rings. The Kier molecular flexibility index (Phi) is 6.31. The normalized spacial score (nSPS) is 12.9. The van der Waals surface area contributed by atoms with Crippen LogP contribution in [0.4, 0.5) is 0 Å². The molecule has 0 aliphatic heterocycles. The fraction of sp³-hybridized carbons (Fsp3) is 0.800. The predicted molar refractivity (Wildman–Crippen MR) is 72.4 cm³/mol. The van der Waals surface area contributed by atoms with Crippen LogP contribution in [-0.2, 0) is 0 Å². The molecule has 0 spiro atoms. The quantitative estimate of drug-likeness (QED) is 0.585. The molecule has 1 rings (SSSR count). The van der Waals surface area contributed by atoms with Crippen LogP contribution in [0, 0.1) is 13.8 Å². The van der Waals surface area contributed by atoms with Crippen LogP contribution in [0.1, 0.15) is 81.7 Å². The second kappa shape index (κ2) is 7.52. The number of rotatable bonds is 8. The van der Waals surface area contributed by atoms with Gasteiger partial charge in [-0.25, -0.2) is 0 Å². The molecule has 1 atom stereocenters. The van der Waals surface area contributed by atoms with Gasteiger partial charge in [0.25, 0.3) is 0 Å². The zero-order valence-corrected chi connectivity index (χ0v) is 11.9. The molecule has 1 aromatic heterocycles. The molecule has 0 saturated heterocycles. The number of aryl methyl sites for hydroxylation is 1. The molecule has 98 valence electrons. The predicted octanol–water partition coefficient (Wildman–Crippen LogP) is 5.15. The summed E-state index contributed by atoms with van der Waals surface area (Å²) in [5, 5.41) is 4.10. The van der Waals surface area contributed by atoms with Gasteiger partial charge in [-0.2, -0.15) is 0 Å². The van der Waals surface area contributed by atoms with E-state index in [0.29, 0.717) is 5.92 Å². The van der Waals surface area contributed by atoms with Crippen LogP contribution in [0.5, 0.6) is 0 Å². The van der Waals surface area contributed by atoms with Crippen LogP contribution < -0.4 is 0 Å². The SMILES string of the molecule is CCCCCC(CCCC)c1onc(C)c1C. The van der Waals surface area contributed by atoms with Gasteiger partial charge in [0.1, 0.15) is 5.76 Å². The Bertz CT molecular complexity index is 317. The van der Waals surface area contributed by atoms with Gasteiger partial charge in [0, 0.05) is 11.5 Å². The zero-order valence-electron chi connectivity index (χ0n) is 11.9. The second-order valence-corrected chi connectivity index (χ2v) is 5.09. The van der Waals surface area contributed by atoms with Gasteiger partial charge in [0.15, 0.2) is 0 Å². The van der Waals surface area contributed by atoms with E-state index in [0.717, 1.165) is 11.5 Å². The lowest BCUT2D eigenvalue weighted by atomic mass is 9.91. The summed E-state index contributed by atoms with van der Waals surface area (Å²) in [6.45, 7) is 8.68. The summed E-state index contributed by atoms with van der Waals surface area (Å²) >= 11 is 0. The fourth-order valence-electron chi connectivity index (χ4n) is 2.31. The largest absolute Gasteiger partial charge is 0.361 e. The Hall–Kier alpha value is -0.790. The number of unbranched alkanes of at least 4 members (excludes halogenated alkanes) is 3. The number of aromatic nitrogens is 1. The molecule has 0 saturated carbocycles. The maximum atomic E-state index is 5.53. The van der Waals surface area contributed by atoms with E-state index in [9.17, 15) is 0 Å². The average molecular weight is 237 g/mol. The molecule has 0 N–H and O–H groups in total. The van der Waals surface area contributed by atoms with Crippen molar-refractivity contribution in [3.8, 4) is 0 Å². The van der Waals surface area contributed by atoms with Crippen LogP contribution in [0.3, 0.4) is 0 Å². The first kappa shape index (κ1) is 14.3. The highest BCUT2D eigenvalue weighted by Crippen LogP contribution is 2.31. The van der Waals surface area contributed by atoms with E-state index in [4.69, 9.17) is 4.52 Å². The fourth-order valence-corrected chi connectivity index (χ4v) is 2.31. The van der Waals surface area contributed by atoms with Gasteiger partial charge in [0.05, 0.1) is 5.69 Å². The van der Waals surface area contributed by atoms with Crippen molar-refractivity contribution in [3.63, 3.8) is 0 Å². The van der Waals surface area contributed by atoms with Gasteiger partial charge in [-0.1, -0.05) is 51.1 Å². The summed E-state index contributed by atoms with van der Waals surface area (Å²) in [4.78, 5) is 0. The molecule has 2 heteroatoms. The summed E-state index contributed by atoms with van der Waals surface area (Å²) < 4.78 is 5.53. The molecule has 17 heavy (non-hydrogen) atoms. The monoisotopic (exact) mass is 237 g/mol. The third-order valence-electron chi connectivity index (χ3n) is 3.63. The Labute approximate surface area is 106 Å². The Morgan fingerprint density at radius 3 is 2.18 bits per heavy atom. The van der Waals surface area contributed by atoms with E-state index in [1.54, 1.807) is 0 Å². The Morgan fingerprint density at radius 2 is 1.65 bits per heavy atom. The van der Waals surface area contributed by atoms with Gasteiger partial charge in [-0.05, 0) is 26.7 Å². The minimum absolute atomic E-state index is 0.586. The van der Waals surface area contributed by atoms with E-state index in [1.165, 1.54) is 50.5 Å². The summed E-state index contributed by atoms with van der Waals surface area (Å²) in [5.41, 5.74) is 2.32. The molecule has 2 nitrogen and oxygen atoms in total. The lowest BCUT2D eigenvalue weighted by Crippen LogP contribution is -2.00. The third kappa shape index (κ3) is 4.18. The van der Waals surface area contributed by atoms with Crippen molar-refractivity contribution >= 4 is 0 Å². The standard InChI is InChI=1S/C15H27NO/c1-5-7-9-11-14(10-8-6-2)15-12(3)13(4)16-17-15/h14H,5-11H2,1-4H3. The minimum atomic E-state index is 0.586. The van der Waals surface area contributed by atoms with Crippen LogP contribution in [0.2, 0.25) is 0 Å². The average Bonchev–Trinajstić information content (AvgIpc) is 2.65. The molecular weight excluding hydrogens is 210 g/mol. The molecule has 0 radical (unpaired) electrons. The van der Waals surface area contributed by atoms with Crippen LogP contribution in [0.25, 0.3) is 0 Å². The van der Waals surface area contributed by atoms with Gasteiger partial charge in [-0.15, -0.1) is 0 Å². The molecule has 0 aliphatic carbocycles. The van der Waals surface area contributed by atoms with E-state index >= 15 is 0 Å². The van der Waals surface area contributed by atoms with Crippen molar-refractivity contribution in [2.45, 2.75) is 78.6 Å². The highest BCUT2D eigenvalue weighted by atomic mass is 16.5. The zero-order chi connectivity index (χ0) is 12.7. The highest BCUT2D eigenvalue weighted by Gasteiger charge is 2.19.